The van der Waals surface area contributed by atoms with Gasteiger partial charge in [-0.25, -0.2) is 9.97 Å². The quantitative estimate of drug-likeness (QED) is 0.740. The Morgan fingerprint density at radius 3 is 2.56 bits per heavy atom. The Morgan fingerprint density at radius 1 is 1.22 bits per heavy atom. The Hall–Kier alpha value is -2.38. The number of benzene rings is 1. The average Bonchev–Trinajstić information content (AvgIpc) is 2.70. The van der Waals surface area contributed by atoms with Crippen LogP contribution in [0.5, 0.6) is 5.75 Å². The Morgan fingerprint density at radius 2 is 1.89 bits per heavy atom. The van der Waals surface area contributed by atoms with E-state index in [1.54, 1.807) is 29.4 Å². The highest BCUT2D eigenvalue weighted by Crippen LogP contribution is 2.15. The zero-order chi connectivity index (χ0) is 19.1. The molecule has 0 bridgehead atoms. The van der Waals surface area contributed by atoms with Crippen molar-refractivity contribution in [2.75, 3.05) is 57.8 Å². The summed E-state index contributed by atoms with van der Waals surface area (Å²) in [5.41, 5.74) is 0. The summed E-state index contributed by atoms with van der Waals surface area (Å²) in [7, 11) is 1.82. The smallest absolute Gasteiger partial charge is 0.277 e. The topological polar surface area (TPSA) is 63.0 Å². The number of carbonyl (C=O) groups is 1. The number of nitrogens with zero attached hydrogens (tertiary/aromatic N) is 4. The molecule has 0 aliphatic carbocycles. The Bertz CT molecular complexity index is 721. The first-order valence-corrected chi connectivity index (χ1v) is 9.47. The molecule has 0 unspecified atom stereocenters. The maximum atomic E-state index is 12.4. The lowest BCUT2D eigenvalue weighted by Crippen LogP contribution is -3.15. The van der Waals surface area contributed by atoms with Crippen molar-refractivity contribution in [2.45, 2.75) is 0 Å². The summed E-state index contributed by atoms with van der Waals surface area (Å²) in [5.74, 6) is 1.65. The van der Waals surface area contributed by atoms with E-state index in [0.29, 0.717) is 24.7 Å². The van der Waals surface area contributed by atoms with Gasteiger partial charge in [0.25, 0.3) is 5.91 Å². The van der Waals surface area contributed by atoms with Gasteiger partial charge in [-0.05, 0) is 30.3 Å². The largest absolute Gasteiger partial charge is 0.492 e. The van der Waals surface area contributed by atoms with E-state index >= 15 is 0 Å². The maximum Gasteiger partial charge on any atom is 0.277 e. The van der Waals surface area contributed by atoms with Crippen molar-refractivity contribution < 1.29 is 14.4 Å². The van der Waals surface area contributed by atoms with E-state index in [9.17, 15) is 4.79 Å². The number of anilines is 1. The van der Waals surface area contributed by atoms with Crippen LogP contribution in [-0.2, 0) is 4.79 Å². The third kappa shape index (κ3) is 5.80. The van der Waals surface area contributed by atoms with Crippen molar-refractivity contribution in [3.63, 3.8) is 0 Å². The molecule has 2 heterocycles. The summed E-state index contributed by atoms with van der Waals surface area (Å²) in [4.78, 5) is 26.2. The van der Waals surface area contributed by atoms with Gasteiger partial charge in [0.1, 0.15) is 12.4 Å². The van der Waals surface area contributed by atoms with Crippen molar-refractivity contribution in [2.24, 2.45) is 0 Å². The Labute approximate surface area is 164 Å². The second-order valence-corrected chi connectivity index (χ2v) is 7.02. The fourth-order valence-corrected chi connectivity index (χ4v) is 3.09. The lowest BCUT2D eigenvalue weighted by molar-refractivity contribution is -0.892. The van der Waals surface area contributed by atoms with Gasteiger partial charge in [-0.2, -0.15) is 0 Å². The SMILES string of the molecule is CN(CCOc1ccc(Cl)cc1)C(=O)C[NH+]1CCN(c2ncccn2)CC1. The van der Waals surface area contributed by atoms with Gasteiger partial charge in [-0.3, -0.25) is 4.79 Å². The third-order valence-corrected chi connectivity index (χ3v) is 4.89. The average molecular weight is 391 g/mol. The number of ether oxygens (including phenoxy) is 1. The van der Waals surface area contributed by atoms with Crippen LogP contribution < -0.4 is 14.5 Å². The van der Waals surface area contributed by atoms with Crippen LogP contribution in [0.1, 0.15) is 0 Å². The van der Waals surface area contributed by atoms with Crippen LogP contribution in [0.2, 0.25) is 5.02 Å². The van der Waals surface area contributed by atoms with Crippen LogP contribution in [-0.4, -0.2) is 73.7 Å². The van der Waals surface area contributed by atoms with Crippen molar-refractivity contribution in [3.05, 3.63) is 47.7 Å². The third-order valence-electron chi connectivity index (χ3n) is 4.64. The molecule has 0 saturated carbocycles. The number of aromatic nitrogens is 2. The minimum atomic E-state index is 0.133. The lowest BCUT2D eigenvalue weighted by Gasteiger charge is -2.32. The molecule has 1 aliphatic rings. The molecule has 7 nitrogen and oxygen atoms in total. The first-order chi connectivity index (χ1) is 13.1. The molecule has 1 aromatic carbocycles. The molecular formula is C19H25ClN5O2+. The van der Waals surface area contributed by atoms with Crippen LogP contribution in [0.4, 0.5) is 5.95 Å². The Kier molecular flexibility index (Phi) is 6.84. The molecule has 1 N–H and O–H groups in total. The number of carbonyl (C=O) groups excluding carboxylic acids is 1. The number of nitrogens with one attached hydrogen (secondary N) is 1. The molecular weight excluding hydrogens is 366 g/mol. The molecule has 1 aliphatic heterocycles. The standard InChI is InChI=1S/C19H24ClN5O2/c1-23(13-14-27-17-5-3-16(20)4-6-17)18(26)15-24-9-11-25(12-10-24)19-21-7-2-8-22-19/h2-8H,9-15H2,1H3/p+1. The van der Waals surface area contributed by atoms with Gasteiger partial charge in [-0.15, -0.1) is 0 Å². The van der Waals surface area contributed by atoms with E-state index in [-0.39, 0.29) is 5.91 Å². The normalized spacial score (nSPS) is 14.8. The molecule has 27 heavy (non-hydrogen) atoms. The maximum absolute atomic E-state index is 12.4. The first kappa shape index (κ1) is 19.4. The molecule has 1 fully saturated rings. The van der Waals surface area contributed by atoms with Crippen LogP contribution in [0.25, 0.3) is 0 Å². The second-order valence-electron chi connectivity index (χ2n) is 6.58. The van der Waals surface area contributed by atoms with E-state index in [2.05, 4.69) is 14.9 Å². The second kappa shape index (κ2) is 9.53. The molecule has 1 saturated heterocycles. The fraction of sp³-hybridized carbons (Fsp3) is 0.421. The van der Waals surface area contributed by atoms with Crippen LogP contribution in [0, 0.1) is 0 Å². The van der Waals surface area contributed by atoms with Gasteiger partial charge in [0.15, 0.2) is 6.54 Å². The van der Waals surface area contributed by atoms with Crippen LogP contribution >= 0.6 is 11.6 Å². The number of rotatable bonds is 7. The highest BCUT2D eigenvalue weighted by Gasteiger charge is 2.24. The zero-order valence-electron chi connectivity index (χ0n) is 15.5. The van der Waals surface area contributed by atoms with Crippen molar-refractivity contribution in [3.8, 4) is 5.75 Å². The molecule has 0 spiro atoms. The monoisotopic (exact) mass is 390 g/mol. The van der Waals surface area contributed by atoms with E-state index in [0.717, 1.165) is 37.9 Å². The number of piperazine rings is 1. The lowest BCUT2D eigenvalue weighted by atomic mass is 10.3. The minimum Gasteiger partial charge on any atom is -0.492 e. The van der Waals surface area contributed by atoms with Gasteiger partial charge in [0.05, 0.1) is 32.7 Å². The van der Waals surface area contributed by atoms with E-state index in [1.165, 1.54) is 4.90 Å². The molecule has 0 atom stereocenters. The number of hydrogen-bond donors (Lipinski definition) is 1. The summed E-state index contributed by atoms with van der Waals surface area (Å²) in [6.45, 7) is 5.03. The van der Waals surface area contributed by atoms with E-state index < -0.39 is 0 Å². The number of halogens is 1. The van der Waals surface area contributed by atoms with Gasteiger partial charge in [-0.1, -0.05) is 11.6 Å². The molecule has 144 valence electrons. The number of quaternary nitrogens is 1. The van der Waals surface area contributed by atoms with Gasteiger partial charge < -0.3 is 19.4 Å². The highest BCUT2D eigenvalue weighted by molar-refractivity contribution is 6.30. The summed E-state index contributed by atoms with van der Waals surface area (Å²) in [6, 6.07) is 9.04. The van der Waals surface area contributed by atoms with Gasteiger partial charge >= 0.3 is 0 Å². The summed E-state index contributed by atoms with van der Waals surface area (Å²) < 4.78 is 5.65. The number of amides is 1. The van der Waals surface area contributed by atoms with E-state index in [4.69, 9.17) is 16.3 Å². The summed E-state index contributed by atoms with van der Waals surface area (Å²) in [5, 5.41) is 0.677. The Balaban J connectivity index is 1.36. The zero-order valence-corrected chi connectivity index (χ0v) is 16.2. The fourth-order valence-electron chi connectivity index (χ4n) is 2.96. The number of hydrogen-bond acceptors (Lipinski definition) is 5. The highest BCUT2D eigenvalue weighted by atomic mass is 35.5. The van der Waals surface area contributed by atoms with Crippen molar-refractivity contribution in [1.82, 2.24) is 14.9 Å². The van der Waals surface area contributed by atoms with Gasteiger partial charge in [0, 0.05) is 24.5 Å². The van der Waals surface area contributed by atoms with Crippen molar-refractivity contribution >= 4 is 23.5 Å². The van der Waals surface area contributed by atoms with Crippen LogP contribution in [0.3, 0.4) is 0 Å². The van der Waals surface area contributed by atoms with E-state index in [1.807, 2.05) is 25.2 Å². The molecule has 0 radical (unpaired) electrons. The molecule has 1 aromatic heterocycles. The molecule has 3 rings (SSSR count). The number of likely N-dealkylation sites (N-methyl/N-ethyl adjacent to an activating group) is 1. The molecule has 1 amide bonds. The van der Waals surface area contributed by atoms with Crippen LogP contribution in [0.15, 0.2) is 42.7 Å². The molecule has 2 aromatic rings. The van der Waals surface area contributed by atoms with Gasteiger partial charge in [0.2, 0.25) is 5.95 Å². The summed E-state index contributed by atoms with van der Waals surface area (Å²) >= 11 is 5.85. The molecule has 8 heteroatoms. The predicted molar refractivity (Wildman–Crippen MR) is 104 cm³/mol. The summed E-state index contributed by atoms with van der Waals surface area (Å²) in [6.07, 6.45) is 3.51. The first-order valence-electron chi connectivity index (χ1n) is 9.09. The minimum absolute atomic E-state index is 0.133. The predicted octanol–water partition coefficient (Wildman–Crippen LogP) is 0.372. The van der Waals surface area contributed by atoms with Crippen molar-refractivity contribution in [1.29, 1.82) is 0 Å².